The average molecular weight is 1090 g/mol. The molecule has 442 valence electrons. The Bertz CT molecular complexity index is 1510. The van der Waals surface area contributed by atoms with Crippen molar-refractivity contribution in [1.29, 1.82) is 0 Å². The van der Waals surface area contributed by atoms with Gasteiger partial charge in [0.05, 0.1) is 19.8 Å². The van der Waals surface area contributed by atoms with Gasteiger partial charge < -0.3 is 24.2 Å². The zero-order valence-electron chi connectivity index (χ0n) is 49.0. The Morgan fingerprint density at radius 2 is 0.684 bits per heavy atom. The lowest BCUT2D eigenvalue weighted by atomic mass is 10.0. The molecular weight excluding hydrogens is 976 g/mol. The highest BCUT2D eigenvalue weighted by atomic mass is 31.2. The second-order valence-corrected chi connectivity index (χ2v) is 22.3. The second kappa shape index (κ2) is 58.3. The van der Waals surface area contributed by atoms with Gasteiger partial charge in [0.25, 0.3) is 0 Å². The molecule has 3 unspecified atom stereocenters. The van der Waals surface area contributed by atoms with Gasteiger partial charge in [-0.25, -0.2) is 4.57 Å². The Morgan fingerprint density at radius 3 is 1.08 bits per heavy atom. The van der Waals surface area contributed by atoms with E-state index in [1.54, 1.807) is 0 Å². The van der Waals surface area contributed by atoms with Crippen LogP contribution in [0.2, 0.25) is 0 Å². The van der Waals surface area contributed by atoms with Crippen molar-refractivity contribution >= 4 is 25.7 Å². The van der Waals surface area contributed by atoms with Gasteiger partial charge in [-0.05, 0) is 83.5 Å². The van der Waals surface area contributed by atoms with Gasteiger partial charge in [0, 0.05) is 19.3 Å². The Hall–Kier alpha value is -2.82. The Kier molecular flexibility index (Phi) is 56.2. The maximum Gasteiger partial charge on any atom is 0.472 e. The van der Waals surface area contributed by atoms with E-state index in [2.05, 4.69) is 81.5 Å². The lowest BCUT2D eigenvalue weighted by Gasteiger charge is -2.21. The predicted molar refractivity (Wildman–Crippen MR) is 316 cm³/mol. The van der Waals surface area contributed by atoms with E-state index in [0.29, 0.717) is 19.3 Å². The van der Waals surface area contributed by atoms with E-state index < -0.39 is 57.8 Å². The van der Waals surface area contributed by atoms with Crippen molar-refractivity contribution in [3.63, 3.8) is 0 Å². The van der Waals surface area contributed by atoms with Crippen LogP contribution in [0, 0.1) is 0 Å². The number of hydrogen-bond acceptors (Lipinski definition) is 10. The Balaban J connectivity index is 4.69. The maximum absolute atomic E-state index is 12.9. The van der Waals surface area contributed by atoms with Crippen molar-refractivity contribution in [2.45, 2.75) is 303 Å². The number of phosphoric ester groups is 1. The van der Waals surface area contributed by atoms with Crippen LogP contribution in [0.3, 0.4) is 0 Å². The van der Waals surface area contributed by atoms with Crippen molar-refractivity contribution in [2.75, 3.05) is 26.4 Å². The van der Waals surface area contributed by atoms with Gasteiger partial charge >= 0.3 is 25.7 Å². The minimum atomic E-state index is -4.76. The van der Waals surface area contributed by atoms with Crippen LogP contribution in [0.1, 0.15) is 290 Å². The van der Waals surface area contributed by atoms with E-state index in [0.717, 1.165) is 122 Å². The molecule has 0 aliphatic rings. The summed E-state index contributed by atoms with van der Waals surface area (Å²) in [5, 5.41) is 9.84. The molecule has 0 amide bonds. The van der Waals surface area contributed by atoms with Crippen molar-refractivity contribution < 1.29 is 52.2 Å². The first kappa shape index (κ1) is 73.2. The van der Waals surface area contributed by atoms with E-state index in [4.69, 9.17) is 23.3 Å². The predicted octanol–water partition coefficient (Wildman–Crippen LogP) is 18.7. The first-order valence-electron chi connectivity index (χ1n) is 31.2. The van der Waals surface area contributed by atoms with Gasteiger partial charge in [0.2, 0.25) is 0 Å². The van der Waals surface area contributed by atoms with E-state index >= 15 is 0 Å². The van der Waals surface area contributed by atoms with E-state index in [9.17, 15) is 28.9 Å². The van der Waals surface area contributed by atoms with E-state index in [1.165, 1.54) is 109 Å². The summed E-state index contributed by atoms with van der Waals surface area (Å²) in [6, 6.07) is 0. The molecule has 3 atom stereocenters. The molecule has 0 bridgehead atoms. The molecule has 0 aromatic carbocycles. The SMILES string of the molecule is CC/C=C\C/C=C\C/C=C\CCCCCCCCCC(=O)OC(COC(=O)CCCCCCC/C=C\C/C=C\CCCCC)COP(=O)(O)OCC(CO)OC(=O)CCCCCCCCCCCCCCCCCCC. The maximum atomic E-state index is 12.9. The Morgan fingerprint density at radius 1 is 0.382 bits per heavy atom. The van der Waals surface area contributed by atoms with Crippen molar-refractivity contribution in [3.05, 3.63) is 60.8 Å². The molecule has 0 aromatic heterocycles. The number of rotatable bonds is 58. The molecule has 0 fully saturated rings. The molecule has 0 saturated carbocycles. The molecule has 0 saturated heterocycles. The van der Waals surface area contributed by atoms with Crippen LogP contribution in [0.5, 0.6) is 0 Å². The number of aliphatic hydroxyl groups is 1. The first-order chi connectivity index (χ1) is 37.2. The summed E-state index contributed by atoms with van der Waals surface area (Å²) < 4.78 is 39.6. The lowest BCUT2D eigenvalue weighted by molar-refractivity contribution is -0.161. The van der Waals surface area contributed by atoms with Crippen LogP contribution in [0.15, 0.2) is 60.8 Å². The normalized spacial score (nSPS) is 13.7. The molecule has 0 rings (SSSR count). The van der Waals surface area contributed by atoms with Crippen LogP contribution in [-0.2, 0) is 42.2 Å². The molecule has 0 aromatic rings. The number of esters is 3. The lowest BCUT2D eigenvalue weighted by Crippen LogP contribution is -2.30. The molecule has 12 heteroatoms. The largest absolute Gasteiger partial charge is 0.472 e. The number of carbonyl (C=O) groups excluding carboxylic acids is 3. The molecular formula is C64H115O11P. The fraction of sp³-hybridized carbons (Fsp3) is 0.797. The smallest absolute Gasteiger partial charge is 0.462 e. The minimum absolute atomic E-state index is 0.154. The zero-order chi connectivity index (χ0) is 55.5. The summed E-state index contributed by atoms with van der Waals surface area (Å²) in [6.07, 6.45) is 64.5. The van der Waals surface area contributed by atoms with Crippen molar-refractivity contribution in [1.82, 2.24) is 0 Å². The van der Waals surface area contributed by atoms with Gasteiger partial charge in [-0.3, -0.25) is 23.4 Å². The molecule has 0 radical (unpaired) electrons. The summed E-state index contributed by atoms with van der Waals surface area (Å²) in [7, 11) is -4.76. The Labute approximate surface area is 465 Å². The molecule has 2 N–H and O–H groups in total. The number of unbranched alkanes of at least 4 members (excludes halogenated alkanes) is 31. The summed E-state index contributed by atoms with van der Waals surface area (Å²) in [5.41, 5.74) is 0. The number of ether oxygens (including phenoxy) is 3. The van der Waals surface area contributed by atoms with E-state index in [-0.39, 0.29) is 25.9 Å². The number of hydrogen-bond donors (Lipinski definition) is 2. The molecule has 0 aliphatic heterocycles. The third-order valence-electron chi connectivity index (χ3n) is 13.4. The fourth-order valence-corrected chi connectivity index (χ4v) is 9.48. The van der Waals surface area contributed by atoms with E-state index in [1.807, 2.05) is 0 Å². The number of phosphoric acid groups is 1. The molecule has 0 spiro atoms. The quantitative estimate of drug-likeness (QED) is 0.0197. The van der Waals surface area contributed by atoms with Crippen molar-refractivity contribution in [2.24, 2.45) is 0 Å². The second-order valence-electron chi connectivity index (χ2n) is 20.8. The average Bonchev–Trinajstić information content (AvgIpc) is 3.41. The van der Waals surface area contributed by atoms with Gasteiger partial charge in [-0.15, -0.1) is 0 Å². The van der Waals surface area contributed by atoms with Crippen LogP contribution >= 0.6 is 7.82 Å². The van der Waals surface area contributed by atoms with Gasteiger partial charge in [-0.2, -0.15) is 0 Å². The van der Waals surface area contributed by atoms with Gasteiger partial charge in [-0.1, -0.05) is 248 Å². The monoisotopic (exact) mass is 1090 g/mol. The van der Waals surface area contributed by atoms with Gasteiger partial charge in [0.15, 0.2) is 6.10 Å². The topological polar surface area (TPSA) is 155 Å². The van der Waals surface area contributed by atoms with Crippen LogP contribution in [0.4, 0.5) is 0 Å². The highest BCUT2D eigenvalue weighted by Crippen LogP contribution is 2.43. The van der Waals surface area contributed by atoms with Gasteiger partial charge in [0.1, 0.15) is 12.7 Å². The summed E-state index contributed by atoms with van der Waals surface area (Å²) in [4.78, 5) is 48.7. The first-order valence-corrected chi connectivity index (χ1v) is 32.7. The summed E-state index contributed by atoms with van der Waals surface area (Å²) in [6.45, 7) is 4.53. The van der Waals surface area contributed by atoms with Crippen LogP contribution in [0.25, 0.3) is 0 Å². The van der Waals surface area contributed by atoms with Crippen LogP contribution < -0.4 is 0 Å². The summed E-state index contributed by atoms with van der Waals surface area (Å²) in [5.74, 6) is -1.48. The summed E-state index contributed by atoms with van der Waals surface area (Å²) >= 11 is 0. The zero-order valence-corrected chi connectivity index (χ0v) is 49.9. The molecule has 76 heavy (non-hydrogen) atoms. The minimum Gasteiger partial charge on any atom is -0.462 e. The molecule has 11 nitrogen and oxygen atoms in total. The number of aliphatic hydroxyl groups excluding tert-OH is 1. The number of carbonyl (C=O) groups is 3. The van der Waals surface area contributed by atoms with Crippen molar-refractivity contribution in [3.8, 4) is 0 Å². The number of allylic oxidation sites excluding steroid dienone is 10. The standard InChI is InChI=1S/C64H115O11P/c1-4-7-10-13-16-19-22-25-28-30-33-36-39-42-45-48-51-54-63(67)74-60(56-65)58-72-76(69,70)73-59-61(57-71-62(66)53-50-47-44-41-38-35-32-27-24-21-18-15-12-9-6-3)75-64(68)55-52-49-46-43-40-37-34-31-29-26-23-20-17-14-11-8-5-2/h8,11,17-18,20-21,26-27,29,32,60-61,65H,4-7,9-10,12-16,19,22-25,28,30-31,33-59H2,1-3H3,(H,69,70)/b11-8-,20-17-,21-18-,29-26-,32-27-. The third-order valence-corrected chi connectivity index (χ3v) is 14.4. The third kappa shape index (κ3) is 55.9. The highest BCUT2D eigenvalue weighted by molar-refractivity contribution is 7.47. The highest BCUT2D eigenvalue weighted by Gasteiger charge is 2.28. The molecule has 0 aliphatic carbocycles. The molecule has 0 heterocycles. The van der Waals surface area contributed by atoms with Crippen LogP contribution in [-0.4, -0.2) is 66.5 Å². The fourth-order valence-electron chi connectivity index (χ4n) is 8.70.